The number of hydrogen-bond acceptors (Lipinski definition) is 5. The van der Waals surface area contributed by atoms with Crippen LogP contribution in [0, 0.1) is 0 Å². The molecule has 3 heterocycles. The van der Waals surface area contributed by atoms with Crippen LogP contribution in [0.2, 0.25) is 0 Å². The number of nitrogens with one attached hydrogen (secondary N) is 2. The Morgan fingerprint density at radius 3 is 1.88 bits per heavy atom. The van der Waals surface area contributed by atoms with Crippen LogP contribution in [0.25, 0.3) is 0 Å². The molecule has 4 aromatic rings. The van der Waals surface area contributed by atoms with Gasteiger partial charge in [0.15, 0.2) is 23.0 Å². The first kappa shape index (κ1) is 32.3. The Hall–Kier alpha value is -4.18. The summed E-state index contributed by atoms with van der Waals surface area (Å²) in [6.07, 6.45) is 18.6. The summed E-state index contributed by atoms with van der Waals surface area (Å²) >= 11 is 0. The molecule has 9 heteroatoms. The first-order valence-corrected chi connectivity index (χ1v) is 15.1. The third-order valence-electron chi connectivity index (χ3n) is 6.21. The van der Waals surface area contributed by atoms with Gasteiger partial charge in [0.1, 0.15) is 0 Å². The Labute approximate surface area is 253 Å². The highest BCUT2D eigenvalue weighted by Gasteiger charge is 2.37. The van der Waals surface area contributed by atoms with E-state index in [1.807, 2.05) is 108 Å². The molecule has 0 radical (unpaired) electrons. The molecule has 2 aromatic heterocycles. The van der Waals surface area contributed by atoms with Gasteiger partial charge in [-0.05, 0) is 64.1 Å². The van der Waals surface area contributed by atoms with Crippen LogP contribution < -0.4 is 24.2 Å². The van der Waals surface area contributed by atoms with Gasteiger partial charge in [0.05, 0.1) is 7.11 Å². The van der Waals surface area contributed by atoms with Crippen molar-refractivity contribution in [1.82, 2.24) is 19.1 Å². The molecule has 0 spiro atoms. The van der Waals surface area contributed by atoms with E-state index in [0.29, 0.717) is 17.2 Å². The van der Waals surface area contributed by atoms with Crippen molar-refractivity contribution in [3.63, 3.8) is 0 Å². The first-order valence-electron chi connectivity index (χ1n) is 13.3. The second kappa shape index (κ2) is 16.3. The molecule has 5 rings (SSSR count). The lowest BCUT2D eigenvalue weighted by Crippen LogP contribution is -2.25. The van der Waals surface area contributed by atoms with Crippen molar-refractivity contribution in [3.8, 4) is 23.0 Å². The number of fused-ring (bicyclic) bond motifs is 2. The molecule has 2 unspecified atom stereocenters. The van der Waals surface area contributed by atoms with Gasteiger partial charge in [0.2, 0.25) is 0 Å². The highest BCUT2D eigenvalue weighted by atomic mass is 31.2. The maximum atomic E-state index is 6.45. The molecule has 2 aromatic carbocycles. The quantitative estimate of drug-likeness (QED) is 0.149. The molecule has 0 saturated carbocycles. The standard InChI is InChI=1S/C24H25N2O3P.C5H7N.C4H8NP/c1-5-6-15-25-30(26-16-7-8-17-26)29-21-14-10-12-19-23(21)28-22-18(24(19,2)3)11-9-13-20(22)27-4;1-6-4-2-3-5-6;1-2-3-4-5-6/h5-17,25H,1H2,2-4H3;2-5H,1H3;2-5H,1,6H2/b15-6-;;4-3-. The van der Waals surface area contributed by atoms with Crippen molar-refractivity contribution in [3.05, 3.63) is 146 Å². The smallest absolute Gasteiger partial charge is 0.310 e. The van der Waals surface area contributed by atoms with Gasteiger partial charge in [-0.1, -0.05) is 63.4 Å². The largest absolute Gasteiger partial charge is 0.493 e. The van der Waals surface area contributed by atoms with Crippen molar-refractivity contribution in [2.45, 2.75) is 19.3 Å². The van der Waals surface area contributed by atoms with Crippen LogP contribution in [-0.4, -0.2) is 16.0 Å². The van der Waals surface area contributed by atoms with Gasteiger partial charge in [-0.3, -0.25) is 4.34 Å². The normalized spacial score (nSPS) is 13.2. The van der Waals surface area contributed by atoms with E-state index < -0.39 is 8.45 Å². The Morgan fingerprint density at radius 2 is 1.38 bits per heavy atom. The number of rotatable bonds is 9. The lowest BCUT2D eigenvalue weighted by molar-refractivity contribution is 0.350. The summed E-state index contributed by atoms with van der Waals surface area (Å²) in [7, 11) is 4.79. The number of methoxy groups -OCH3 is 1. The van der Waals surface area contributed by atoms with Crippen LogP contribution in [0.3, 0.4) is 0 Å². The van der Waals surface area contributed by atoms with Crippen molar-refractivity contribution < 1.29 is 14.0 Å². The zero-order valence-electron chi connectivity index (χ0n) is 24.6. The molecule has 1 aliphatic heterocycles. The van der Waals surface area contributed by atoms with Crippen LogP contribution in [0.15, 0.2) is 135 Å². The number of nitrogens with zero attached hydrogens (tertiary/aromatic N) is 2. The van der Waals surface area contributed by atoms with Crippen LogP contribution in [0.5, 0.6) is 23.0 Å². The molecule has 2 N–H and O–H groups in total. The lowest BCUT2D eigenvalue weighted by atomic mass is 9.75. The average molecular weight is 603 g/mol. The number of aromatic nitrogens is 2. The maximum absolute atomic E-state index is 6.45. The van der Waals surface area contributed by atoms with E-state index in [-0.39, 0.29) is 5.41 Å². The van der Waals surface area contributed by atoms with E-state index in [2.05, 4.69) is 58.7 Å². The molecule has 0 fully saturated rings. The summed E-state index contributed by atoms with van der Waals surface area (Å²) in [5.74, 6) is 2.84. The highest BCUT2D eigenvalue weighted by Crippen LogP contribution is 2.55. The second-order valence-corrected chi connectivity index (χ2v) is 11.2. The molecule has 220 valence electrons. The topological polar surface area (TPSA) is 61.6 Å². The van der Waals surface area contributed by atoms with Crippen molar-refractivity contribution in [1.29, 1.82) is 0 Å². The van der Waals surface area contributed by atoms with E-state index in [1.165, 1.54) is 0 Å². The lowest BCUT2D eigenvalue weighted by Gasteiger charge is -2.36. The first-order chi connectivity index (χ1) is 20.4. The third kappa shape index (κ3) is 8.42. The Bertz CT molecular complexity index is 1460. The number of hydrogen-bond donors (Lipinski definition) is 2. The minimum Gasteiger partial charge on any atom is -0.493 e. The van der Waals surface area contributed by atoms with E-state index in [0.717, 1.165) is 16.9 Å². The Morgan fingerprint density at radius 1 is 0.833 bits per heavy atom. The fourth-order valence-electron chi connectivity index (χ4n) is 4.11. The molecule has 0 aliphatic carbocycles. The molecule has 42 heavy (non-hydrogen) atoms. The van der Waals surface area contributed by atoms with Gasteiger partial charge in [-0.2, -0.15) is 0 Å². The maximum Gasteiger partial charge on any atom is 0.310 e. The van der Waals surface area contributed by atoms with Crippen LogP contribution in [0.1, 0.15) is 25.0 Å². The van der Waals surface area contributed by atoms with Crippen molar-refractivity contribution in [2.75, 3.05) is 7.11 Å². The number of allylic oxidation sites excluding steroid dienone is 4. The number of aryl methyl sites for hydroxylation is 1. The molecule has 7 nitrogen and oxygen atoms in total. The molecule has 0 amide bonds. The summed E-state index contributed by atoms with van der Waals surface area (Å²) in [5, 5.41) is 6.05. The monoisotopic (exact) mass is 602 g/mol. The molecule has 0 saturated heterocycles. The highest BCUT2D eigenvalue weighted by molar-refractivity contribution is 7.49. The van der Waals surface area contributed by atoms with Crippen LogP contribution in [-0.2, 0) is 12.5 Å². The van der Waals surface area contributed by atoms with E-state index in [4.69, 9.17) is 14.0 Å². The molecule has 2 atom stereocenters. The van der Waals surface area contributed by atoms with Gasteiger partial charge in [0, 0.05) is 54.6 Å². The van der Waals surface area contributed by atoms with E-state index in [1.54, 1.807) is 25.5 Å². The molecular formula is C33H40N4O3P2. The van der Waals surface area contributed by atoms with Crippen molar-refractivity contribution >= 4 is 17.8 Å². The van der Waals surface area contributed by atoms with Gasteiger partial charge in [-0.15, -0.1) is 0 Å². The van der Waals surface area contributed by atoms with Gasteiger partial charge >= 0.3 is 8.45 Å². The fraction of sp³-hybridized carbons (Fsp3) is 0.152. The van der Waals surface area contributed by atoms with Crippen LogP contribution >= 0.6 is 17.8 Å². The number of ether oxygens (including phenoxy) is 2. The third-order valence-corrected chi connectivity index (χ3v) is 7.83. The number of benzene rings is 2. The predicted octanol–water partition coefficient (Wildman–Crippen LogP) is 8.46. The Kier molecular flexibility index (Phi) is 12.6. The summed E-state index contributed by atoms with van der Waals surface area (Å²) in [6.45, 7) is 11.6. The van der Waals surface area contributed by atoms with Crippen molar-refractivity contribution in [2.24, 2.45) is 7.05 Å². The van der Waals surface area contributed by atoms with Gasteiger partial charge in [-0.25, -0.2) is 0 Å². The Balaban J connectivity index is 0.000000336. The zero-order valence-corrected chi connectivity index (χ0v) is 26.7. The zero-order chi connectivity index (χ0) is 30.4. The SMILES string of the molecule is C=C/C=C\NP.C=C/C=C\NP(Oc1cccc2c1Oc1c(OC)cccc1C2(C)C)n1cccc1.Cn1cccc1. The summed E-state index contributed by atoms with van der Waals surface area (Å²) < 4.78 is 22.4. The molecule has 1 aliphatic rings. The molecule has 0 bridgehead atoms. The summed E-state index contributed by atoms with van der Waals surface area (Å²) in [5.41, 5.74) is 1.90. The fourth-order valence-corrected chi connectivity index (χ4v) is 5.44. The predicted molar refractivity (Wildman–Crippen MR) is 179 cm³/mol. The van der Waals surface area contributed by atoms with E-state index >= 15 is 0 Å². The minimum atomic E-state index is -1.21. The second-order valence-electron chi connectivity index (χ2n) is 9.46. The van der Waals surface area contributed by atoms with Gasteiger partial charge < -0.3 is 28.7 Å². The average Bonchev–Trinajstić information content (AvgIpc) is 3.71. The summed E-state index contributed by atoms with van der Waals surface area (Å²) in [6, 6.07) is 20.0. The number of para-hydroxylation sites is 2. The molecular weight excluding hydrogens is 562 g/mol. The summed E-state index contributed by atoms with van der Waals surface area (Å²) in [4.78, 5) is 0. The van der Waals surface area contributed by atoms with E-state index in [9.17, 15) is 0 Å². The van der Waals surface area contributed by atoms with Crippen LogP contribution in [0.4, 0.5) is 0 Å². The minimum absolute atomic E-state index is 0.261. The van der Waals surface area contributed by atoms with Gasteiger partial charge in [0.25, 0.3) is 0 Å².